The summed E-state index contributed by atoms with van der Waals surface area (Å²) in [5, 5.41) is 14.2. The number of rotatable bonds is 1. The van der Waals surface area contributed by atoms with Crippen molar-refractivity contribution in [2.75, 3.05) is 0 Å². The fourth-order valence-electron chi connectivity index (χ4n) is 1.31. The van der Waals surface area contributed by atoms with Crippen molar-refractivity contribution in [3.05, 3.63) is 60.2 Å². The molecule has 0 aromatic heterocycles. The molecule has 2 nitrogen and oxygen atoms in total. The van der Waals surface area contributed by atoms with Crippen molar-refractivity contribution in [3.8, 4) is 11.1 Å². The van der Waals surface area contributed by atoms with Gasteiger partial charge < -0.3 is 10.0 Å². The Morgan fingerprint density at radius 2 is 1.35 bits per heavy atom. The van der Waals surface area contributed by atoms with Crippen LogP contribution in [0.5, 0.6) is 0 Å². The Bertz CT molecular complexity index is 463. The van der Waals surface area contributed by atoms with Gasteiger partial charge in [-0.05, 0) is 23.3 Å². The second-order valence-corrected chi connectivity index (χ2v) is 3.14. The molecule has 0 aliphatic rings. The molecule has 0 saturated heterocycles. The molecule has 0 fully saturated rings. The normalized spacial score (nSPS) is 9.18. The van der Waals surface area contributed by atoms with Gasteiger partial charge in [0.15, 0.2) is 11.6 Å². The van der Waals surface area contributed by atoms with Crippen LogP contribution < -0.4 is 0 Å². The number of hydrogen-bond acceptors (Lipinski definition) is 2. The summed E-state index contributed by atoms with van der Waals surface area (Å²) in [5.41, 5.74) is 1.57. The highest BCUT2D eigenvalue weighted by atomic mass is 19.2. The lowest BCUT2D eigenvalue weighted by atomic mass is 10.1. The van der Waals surface area contributed by atoms with Crippen molar-refractivity contribution in [1.29, 1.82) is 0 Å². The number of hydrogen-bond donors (Lipinski definition) is 2. The molecule has 88 valence electrons. The van der Waals surface area contributed by atoms with Gasteiger partial charge in [0.05, 0.1) is 0 Å². The van der Waals surface area contributed by atoms with E-state index in [2.05, 4.69) is 0 Å². The topological polar surface area (TPSA) is 40.5 Å². The summed E-state index contributed by atoms with van der Waals surface area (Å²) >= 11 is 0. The molecule has 0 radical (unpaired) electrons. The summed E-state index contributed by atoms with van der Waals surface area (Å²) in [4.78, 5) is 0. The van der Waals surface area contributed by atoms with E-state index in [1.807, 2.05) is 30.3 Å². The predicted octanol–water partition coefficient (Wildman–Crippen LogP) is 1.87. The summed E-state index contributed by atoms with van der Waals surface area (Å²) in [6, 6.07) is 13.2. The lowest BCUT2D eigenvalue weighted by Gasteiger charge is -2.01. The van der Waals surface area contributed by atoms with Crippen LogP contribution in [0.2, 0.25) is 0 Å². The second kappa shape index (κ2) is 6.78. The van der Waals surface area contributed by atoms with Crippen molar-refractivity contribution in [3.63, 3.8) is 0 Å². The fraction of sp³-hybridized carbons (Fsp3) is 0. The van der Waals surface area contributed by atoms with Crippen LogP contribution in [0.4, 0.5) is 8.78 Å². The van der Waals surface area contributed by atoms with Gasteiger partial charge in [-0.3, -0.25) is 0 Å². The number of benzene rings is 2. The third-order valence-electron chi connectivity index (χ3n) is 2.03. The minimum atomic E-state index is -0.815. The molecule has 0 saturated carbocycles. The standard InChI is InChI=1S/C12H8F2.BH3O2/c13-11-7-6-10(8-12(11)14)9-4-2-1-3-5-9;2-1-3/h1-8H;1-3H. The Morgan fingerprint density at radius 3 is 1.88 bits per heavy atom. The Kier molecular flexibility index (Phi) is 5.32. The van der Waals surface area contributed by atoms with Gasteiger partial charge in [0.25, 0.3) is 0 Å². The first-order valence-electron chi connectivity index (χ1n) is 4.91. The summed E-state index contributed by atoms with van der Waals surface area (Å²) in [6.45, 7) is 0. The van der Waals surface area contributed by atoms with E-state index in [0.29, 0.717) is 5.56 Å². The molecule has 2 aromatic rings. The van der Waals surface area contributed by atoms with Crippen LogP contribution in [0.1, 0.15) is 0 Å². The molecule has 0 amide bonds. The largest absolute Gasteiger partial charge is 0.432 e. The first kappa shape index (κ1) is 13.4. The first-order chi connectivity index (χ1) is 8.19. The Balaban J connectivity index is 0.000000437. The van der Waals surface area contributed by atoms with Gasteiger partial charge in [-0.1, -0.05) is 36.4 Å². The van der Waals surface area contributed by atoms with Crippen LogP contribution in [0.25, 0.3) is 11.1 Å². The van der Waals surface area contributed by atoms with Gasteiger partial charge in [0, 0.05) is 0 Å². The fourth-order valence-corrected chi connectivity index (χ4v) is 1.31. The second-order valence-electron chi connectivity index (χ2n) is 3.14. The Labute approximate surface area is 98.5 Å². The zero-order valence-electron chi connectivity index (χ0n) is 8.98. The molecule has 0 atom stereocenters. The van der Waals surface area contributed by atoms with Crippen LogP contribution in [0.3, 0.4) is 0 Å². The van der Waals surface area contributed by atoms with Crippen LogP contribution in [-0.4, -0.2) is 17.7 Å². The molecule has 2 aromatic carbocycles. The van der Waals surface area contributed by atoms with Gasteiger partial charge in [-0.2, -0.15) is 0 Å². The van der Waals surface area contributed by atoms with Crippen LogP contribution in [0, 0.1) is 11.6 Å². The molecule has 2 rings (SSSR count). The van der Waals surface area contributed by atoms with Crippen molar-refractivity contribution in [2.45, 2.75) is 0 Å². The Hall–Kier alpha value is -1.72. The average molecular weight is 236 g/mol. The van der Waals surface area contributed by atoms with Crippen molar-refractivity contribution in [1.82, 2.24) is 0 Å². The smallest absolute Gasteiger partial charge is 0.430 e. The van der Waals surface area contributed by atoms with E-state index < -0.39 is 19.3 Å². The maximum absolute atomic E-state index is 12.9. The molecule has 5 heteroatoms. The van der Waals surface area contributed by atoms with Crippen molar-refractivity contribution < 1.29 is 18.8 Å². The number of halogens is 2. The summed E-state index contributed by atoms with van der Waals surface area (Å²) in [6.07, 6.45) is 0. The van der Waals surface area contributed by atoms with Crippen LogP contribution in [0.15, 0.2) is 48.5 Å². The zero-order chi connectivity index (χ0) is 12.7. The maximum atomic E-state index is 12.9. The van der Waals surface area contributed by atoms with Crippen LogP contribution >= 0.6 is 0 Å². The first-order valence-corrected chi connectivity index (χ1v) is 4.91. The SMILES string of the molecule is Fc1ccc(-c2ccccc2)cc1F.OBO. The van der Waals surface area contributed by atoms with E-state index in [1.54, 1.807) is 6.07 Å². The van der Waals surface area contributed by atoms with Gasteiger partial charge in [-0.15, -0.1) is 0 Å². The predicted molar refractivity (Wildman–Crippen MR) is 63.4 cm³/mol. The molecule has 0 aliphatic carbocycles. The molecule has 0 aliphatic heterocycles. The Morgan fingerprint density at radius 1 is 0.765 bits per heavy atom. The summed E-state index contributed by atoms with van der Waals surface area (Å²) in [7, 11) is -0.750. The van der Waals surface area contributed by atoms with E-state index in [9.17, 15) is 8.78 Å². The molecule has 0 bridgehead atoms. The zero-order valence-corrected chi connectivity index (χ0v) is 8.98. The quantitative estimate of drug-likeness (QED) is 0.742. The maximum Gasteiger partial charge on any atom is 0.432 e. The van der Waals surface area contributed by atoms with E-state index in [-0.39, 0.29) is 0 Å². The van der Waals surface area contributed by atoms with Gasteiger partial charge in [0.1, 0.15) is 0 Å². The summed E-state index contributed by atoms with van der Waals surface area (Å²) in [5.74, 6) is -1.63. The monoisotopic (exact) mass is 236 g/mol. The third kappa shape index (κ3) is 3.98. The molecular formula is C12H11BF2O2. The van der Waals surface area contributed by atoms with Gasteiger partial charge in [0.2, 0.25) is 0 Å². The lowest BCUT2D eigenvalue weighted by molar-refractivity contribution is 0.448. The minimum absolute atomic E-state index is 0.685. The molecule has 0 spiro atoms. The molecule has 0 unspecified atom stereocenters. The van der Waals surface area contributed by atoms with E-state index in [0.717, 1.165) is 11.6 Å². The lowest BCUT2D eigenvalue weighted by Crippen LogP contribution is -1.84. The molecule has 0 heterocycles. The highest BCUT2D eigenvalue weighted by Crippen LogP contribution is 2.20. The van der Waals surface area contributed by atoms with E-state index >= 15 is 0 Å². The van der Waals surface area contributed by atoms with Gasteiger partial charge in [-0.25, -0.2) is 8.78 Å². The highest BCUT2D eigenvalue weighted by molar-refractivity contribution is 6.13. The van der Waals surface area contributed by atoms with Crippen LogP contribution in [-0.2, 0) is 0 Å². The molecular weight excluding hydrogens is 225 g/mol. The van der Waals surface area contributed by atoms with Crippen molar-refractivity contribution in [2.24, 2.45) is 0 Å². The highest BCUT2D eigenvalue weighted by Gasteiger charge is 2.03. The minimum Gasteiger partial charge on any atom is -0.430 e. The van der Waals surface area contributed by atoms with Gasteiger partial charge >= 0.3 is 7.69 Å². The van der Waals surface area contributed by atoms with E-state index in [4.69, 9.17) is 10.0 Å². The third-order valence-corrected chi connectivity index (χ3v) is 2.03. The average Bonchev–Trinajstić information content (AvgIpc) is 2.35. The summed E-state index contributed by atoms with van der Waals surface area (Å²) < 4.78 is 25.5. The van der Waals surface area contributed by atoms with E-state index in [1.165, 1.54) is 6.07 Å². The molecule has 2 N–H and O–H groups in total. The van der Waals surface area contributed by atoms with Crippen molar-refractivity contribution >= 4 is 7.69 Å². The molecule has 17 heavy (non-hydrogen) atoms.